The summed E-state index contributed by atoms with van der Waals surface area (Å²) in [7, 11) is 1.67. The molecule has 3 rings (SSSR count). The van der Waals surface area contributed by atoms with E-state index in [0.29, 0.717) is 13.2 Å². The van der Waals surface area contributed by atoms with Crippen molar-refractivity contribution >= 4 is 17.0 Å². The molecule has 0 unspecified atom stereocenters. The molecule has 26 heavy (non-hydrogen) atoms. The van der Waals surface area contributed by atoms with Crippen molar-refractivity contribution in [2.24, 2.45) is 4.99 Å². The maximum Gasteiger partial charge on any atom is 0.190 e. The summed E-state index contributed by atoms with van der Waals surface area (Å²) in [5.74, 6) is 1.70. The number of nitrogens with zero attached hydrogens (tertiary/aromatic N) is 2. The highest BCUT2D eigenvalue weighted by atomic mass is 32.1. The zero-order valence-electron chi connectivity index (χ0n) is 15.0. The number of thiazole rings is 1. The van der Waals surface area contributed by atoms with Crippen LogP contribution in [-0.2, 0) is 6.54 Å². The lowest BCUT2D eigenvalue weighted by atomic mass is 10.1. The quantitative estimate of drug-likeness (QED) is 0.549. The van der Waals surface area contributed by atoms with Gasteiger partial charge in [0.1, 0.15) is 11.5 Å². The van der Waals surface area contributed by atoms with Crippen LogP contribution in [0.5, 0.6) is 11.5 Å². The van der Waals surface area contributed by atoms with E-state index in [2.05, 4.69) is 28.7 Å². The number of rotatable bonds is 7. The van der Waals surface area contributed by atoms with E-state index in [1.807, 2.05) is 49.4 Å². The van der Waals surface area contributed by atoms with Crippen LogP contribution in [0.15, 0.2) is 71.6 Å². The van der Waals surface area contributed by atoms with Crippen LogP contribution in [0, 0.1) is 0 Å². The average molecular weight is 366 g/mol. The van der Waals surface area contributed by atoms with Crippen LogP contribution in [0.2, 0.25) is 0 Å². The molecule has 0 N–H and O–H groups in total. The van der Waals surface area contributed by atoms with E-state index in [0.717, 1.165) is 33.2 Å². The first-order valence-electron chi connectivity index (χ1n) is 8.46. The maximum atomic E-state index is 5.49. The normalized spacial score (nSPS) is 11.4. The summed E-state index contributed by atoms with van der Waals surface area (Å²) in [6.45, 7) is 7.21. The highest BCUT2D eigenvalue weighted by Crippen LogP contribution is 2.24. The van der Waals surface area contributed by atoms with Crippen molar-refractivity contribution in [2.75, 3.05) is 13.7 Å². The third-order valence-corrected chi connectivity index (χ3v) is 4.73. The van der Waals surface area contributed by atoms with E-state index in [9.17, 15) is 0 Å². The van der Waals surface area contributed by atoms with Gasteiger partial charge in [0.15, 0.2) is 4.80 Å². The molecule has 0 amide bonds. The average Bonchev–Trinajstić information content (AvgIpc) is 3.06. The molecule has 3 aromatic rings. The van der Waals surface area contributed by atoms with Gasteiger partial charge in [0.05, 0.1) is 25.1 Å². The highest BCUT2D eigenvalue weighted by Gasteiger charge is 2.07. The monoisotopic (exact) mass is 366 g/mol. The van der Waals surface area contributed by atoms with Crippen LogP contribution in [-0.4, -0.2) is 18.3 Å². The topological polar surface area (TPSA) is 35.8 Å². The summed E-state index contributed by atoms with van der Waals surface area (Å²) in [6, 6.07) is 15.9. The van der Waals surface area contributed by atoms with Crippen molar-refractivity contribution in [3.63, 3.8) is 0 Å². The molecule has 0 saturated heterocycles. The van der Waals surface area contributed by atoms with Gasteiger partial charge < -0.3 is 14.0 Å². The molecule has 0 atom stereocenters. The third-order valence-electron chi connectivity index (χ3n) is 3.87. The standard InChI is InChI=1S/C21H22N2O2S/c1-4-14-23-20(16-6-10-18(24-3)11-7-16)15-26-21(23)22-17-8-12-19(13-9-17)25-5-2/h4,6-13,15H,1,5,14H2,2-3H3. The van der Waals surface area contributed by atoms with Gasteiger partial charge in [-0.1, -0.05) is 6.08 Å². The fourth-order valence-electron chi connectivity index (χ4n) is 2.61. The SMILES string of the molecule is C=CCn1c(-c2ccc(OC)cc2)csc1=Nc1ccc(OCC)cc1. The molecule has 4 nitrogen and oxygen atoms in total. The number of hydrogen-bond acceptors (Lipinski definition) is 4. The second-order valence-corrected chi connectivity index (χ2v) is 6.41. The summed E-state index contributed by atoms with van der Waals surface area (Å²) in [6.07, 6.45) is 1.89. The van der Waals surface area contributed by atoms with Crippen LogP contribution >= 0.6 is 11.3 Å². The van der Waals surface area contributed by atoms with Crippen molar-refractivity contribution in [3.05, 3.63) is 71.4 Å². The molecule has 0 spiro atoms. The van der Waals surface area contributed by atoms with E-state index in [1.54, 1.807) is 18.4 Å². The van der Waals surface area contributed by atoms with E-state index in [-0.39, 0.29) is 0 Å². The van der Waals surface area contributed by atoms with Gasteiger partial charge in [0, 0.05) is 11.9 Å². The van der Waals surface area contributed by atoms with Gasteiger partial charge in [0.2, 0.25) is 0 Å². The lowest BCUT2D eigenvalue weighted by Crippen LogP contribution is -2.14. The van der Waals surface area contributed by atoms with Crippen molar-refractivity contribution in [3.8, 4) is 22.8 Å². The third kappa shape index (κ3) is 4.06. The van der Waals surface area contributed by atoms with E-state index in [1.165, 1.54) is 0 Å². The molecule has 1 aromatic heterocycles. The predicted molar refractivity (Wildman–Crippen MR) is 107 cm³/mol. The van der Waals surface area contributed by atoms with Crippen molar-refractivity contribution < 1.29 is 9.47 Å². The number of aromatic nitrogens is 1. The highest BCUT2D eigenvalue weighted by molar-refractivity contribution is 7.07. The Hall–Kier alpha value is -2.79. The Morgan fingerprint density at radius 3 is 2.38 bits per heavy atom. The first-order valence-corrected chi connectivity index (χ1v) is 9.34. The smallest absolute Gasteiger partial charge is 0.190 e. The second kappa shape index (κ2) is 8.54. The van der Waals surface area contributed by atoms with Gasteiger partial charge in [-0.15, -0.1) is 17.9 Å². The summed E-state index contributed by atoms with van der Waals surface area (Å²) >= 11 is 1.62. The minimum atomic E-state index is 0.659. The lowest BCUT2D eigenvalue weighted by molar-refractivity contribution is 0.340. The molecule has 0 saturated carbocycles. The van der Waals surface area contributed by atoms with E-state index in [4.69, 9.17) is 14.5 Å². The summed E-state index contributed by atoms with van der Waals surface area (Å²) in [5.41, 5.74) is 3.13. The molecule has 2 aromatic carbocycles. The first kappa shape index (κ1) is 18.0. The Morgan fingerprint density at radius 2 is 1.77 bits per heavy atom. The Kier molecular flexibility index (Phi) is 5.92. The van der Waals surface area contributed by atoms with Gasteiger partial charge >= 0.3 is 0 Å². The Balaban J connectivity index is 1.99. The lowest BCUT2D eigenvalue weighted by Gasteiger charge is -2.07. The van der Waals surface area contributed by atoms with Crippen LogP contribution < -0.4 is 14.3 Å². The minimum absolute atomic E-state index is 0.659. The Morgan fingerprint density at radius 1 is 1.08 bits per heavy atom. The second-order valence-electron chi connectivity index (χ2n) is 5.57. The number of allylic oxidation sites excluding steroid dienone is 1. The Bertz CT molecular complexity index is 922. The van der Waals surface area contributed by atoms with Gasteiger partial charge in [0.25, 0.3) is 0 Å². The van der Waals surface area contributed by atoms with Crippen LogP contribution in [0.4, 0.5) is 5.69 Å². The minimum Gasteiger partial charge on any atom is -0.497 e. The van der Waals surface area contributed by atoms with Gasteiger partial charge in [-0.3, -0.25) is 0 Å². The molecule has 0 radical (unpaired) electrons. The molecule has 1 heterocycles. The first-order chi connectivity index (χ1) is 12.7. The number of benzene rings is 2. The van der Waals surface area contributed by atoms with Crippen LogP contribution in [0.1, 0.15) is 6.92 Å². The molecule has 5 heteroatoms. The molecule has 0 aliphatic heterocycles. The molecule has 0 aliphatic carbocycles. The van der Waals surface area contributed by atoms with Crippen LogP contribution in [0.25, 0.3) is 11.3 Å². The summed E-state index contributed by atoms with van der Waals surface area (Å²) in [5, 5.41) is 2.12. The molecular weight excluding hydrogens is 344 g/mol. The fraction of sp³-hybridized carbons (Fsp3) is 0.190. The zero-order chi connectivity index (χ0) is 18.4. The molecule has 134 valence electrons. The summed E-state index contributed by atoms with van der Waals surface area (Å²) in [4.78, 5) is 5.72. The molecular formula is C21H22N2O2S. The summed E-state index contributed by atoms with van der Waals surface area (Å²) < 4.78 is 12.9. The molecule has 0 bridgehead atoms. The van der Waals surface area contributed by atoms with Crippen LogP contribution in [0.3, 0.4) is 0 Å². The van der Waals surface area contributed by atoms with Gasteiger partial charge in [-0.2, -0.15) is 0 Å². The number of hydrogen-bond donors (Lipinski definition) is 0. The fourth-order valence-corrected chi connectivity index (χ4v) is 3.55. The maximum absolute atomic E-state index is 5.49. The number of ether oxygens (including phenoxy) is 2. The Labute approximate surface area is 157 Å². The van der Waals surface area contributed by atoms with E-state index < -0.39 is 0 Å². The molecule has 0 fully saturated rings. The number of methoxy groups -OCH3 is 1. The predicted octanol–water partition coefficient (Wildman–Crippen LogP) is 5.04. The van der Waals surface area contributed by atoms with E-state index >= 15 is 0 Å². The zero-order valence-corrected chi connectivity index (χ0v) is 15.8. The van der Waals surface area contributed by atoms with Crippen molar-refractivity contribution in [1.82, 2.24) is 4.57 Å². The molecule has 0 aliphatic rings. The largest absolute Gasteiger partial charge is 0.497 e. The van der Waals surface area contributed by atoms with Crippen molar-refractivity contribution in [2.45, 2.75) is 13.5 Å². The van der Waals surface area contributed by atoms with Gasteiger partial charge in [-0.25, -0.2) is 4.99 Å². The van der Waals surface area contributed by atoms with Gasteiger partial charge in [-0.05, 0) is 61.0 Å². The van der Waals surface area contributed by atoms with Crippen molar-refractivity contribution in [1.29, 1.82) is 0 Å².